The Labute approximate surface area is 147 Å². The predicted octanol–water partition coefficient (Wildman–Crippen LogP) is -0.996. The summed E-state index contributed by atoms with van der Waals surface area (Å²) in [4.78, 5) is 54.9. The Morgan fingerprint density at radius 1 is 0.560 bits per heavy atom. The molecular formula is C17H26N4O4. The lowest BCUT2D eigenvalue weighted by Crippen LogP contribution is -2.51. The zero-order chi connectivity index (χ0) is 18.1. The molecule has 8 heteroatoms. The molecule has 3 aliphatic rings. The van der Waals surface area contributed by atoms with Gasteiger partial charge in [0.25, 0.3) is 0 Å². The van der Waals surface area contributed by atoms with Gasteiger partial charge in [-0.3, -0.25) is 19.2 Å². The Morgan fingerprint density at radius 2 is 0.840 bits per heavy atom. The fourth-order valence-electron chi connectivity index (χ4n) is 3.69. The molecule has 3 rings (SSSR count). The maximum atomic E-state index is 12.6. The van der Waals surface area contributed by atoms with Gasteiger partial charge in [0.05, 0.1) is 11.8 Å². The molecule has 2 atom stereocenters. The van der Waals surface area contributed by atoms with Crippen LogP contribution in [-0.2, 0) is 19.2 Å². The maximum absolute atomic E-state index is 12.6. The van der Waals surface area contributed by atoms with E-state index in [9.17, 15) is 19.2 Å². The van der Waals surface area contributed by atoms with Crippen LogP contribution in [0.2, 0.25) is 0 Å². The van der Waals surface area contributed by atoms with E-state index < -0.39 is 0 Å². The summed E-state index contributed by atoms with van der Waals surface area (Å²) in [6, 6.07) is 0. The number of hydrogen-bond acceptors (Lipinski definition) is 4. The van der Waals surface area contributed by atoms with Gasteiger partial charge in [-0.25, -0.2) is 0 Å². The van der Waals surface area contributed by atoms with Crippen LogP contribution in [0, 0.1) is 11.8 Å². The third-order valence-corrected chi connectivity index (χ3v) is 5.50. The molecule has 0 aromatic heterocycles. The number of amides is 4. The first-order valence-electron chi connectivity index (χ1n) is 8.97. The van der Waals surface area contributed by atoms with E-state index in [1.165, 1.54) is 0 Å². The summed E-state index contributed by atoms with van der Waals surface area (Å²) in [5, 5.41) is 0. The summed E-state index contributed by atoms with van der Waals surface area (Å²) in [6.07, 6.45) is 0.623. The van der Waals surface area contributed by atoms with Gasteiger partial charge in [0.15, 0.2) is 0 Å². The van der Waals surface area contributed by atoms with Crippen molar-refractivity contribution in [2.45, 2.75) is 20.3 Å². The third-order valence-electron chi connectivity index (χ3n) is 5.50. The first-order valence-corrected chi connectivity index (χ1v) is 8.97. The monoisotopic (exact) mass is 350 g/mol. The second-order valence-electron chi connectivity index (χ2n) is 7.11. The minimum atomic E-state index is -0.206. The Morgan fingerprint density at radius 3 is 1.12 bits per heavy atom. The summed E-state index contributed by atoms with van der Waals surface area (Å²) in [5.41, 5.74) is 0. The van der Waals surface area contributed by atoms with Crippen LogP contribution in [0.5, 0.6) is 0 Å². The van der Waals surface area contributed by atoms with Crippen LogP contribution in [0.3, 0.4) is 0 Å². The highest BCUT2D eigenvalue weighted by Crippen LogP contribution is 2.41. The predicted molar refractivity (Wildman–Crippen MR) is 89.3 cm³/mol. The van der Waals surface area contributed by atoms with Crippen molar-refractivity contribution in [2.24, 2.45) is 11.8 Å². The molecule has 1 aliphatic carbocycles. The fourth-order valence-corrected chi connectivity index (χ4v) is 3.69. The number of piperazine rings is 2. The number of carbonyl (C=O) groups excluding carboxylic acids is 4. The van der Waals surface area contributed by atoms with E-state index in [4.69, 9.17) is 0 Å². The first kappa shape index (κ1) is 17.7. The van der Waals surface area contributed by atoms with Crippen molar-refractivity contribution in [3.8, 4) is 0 Å². The second-order valence-corrected chi connectivity index (χ2v) is 7.11. The molecule has 1 saturated carbocycles. The van der Waals surface area contributed by atoms with E-state index in [1.807, 2.05) is 0 Å². The Balaban J connectivity index is 1.46. The first-order chi connectivity index (χ1) is 11.9. The van der Waals surface area contributed by atoms with Crippen LogP contribution in [0.25, 0.3) is 0 Å². The second kappa shape index (κ2) is 7.01. The highest BCUT2D eigenvalue weighted by atomic mass is 16.2. The summed E-state index contributed by atoms with van der Waals surface area (Å²) in [7, 11) is 0. The van der Waals surface area contributed by atoms with Gasteiger partial charge < -0.3 is 19.6 Å². The highest BCUT2D eigenvalue weighted by Gasteiger charge is 2.51. The molecule has 4 amide bonds. The van der Waals surface area contributed by atoms with Crippen LogP contribution in [-0.4, -0.2) is 95.6 Å². The smallest absolute Gasteiger partial charge is 0.226 e. The van der Waals surface area contributed by atoms with Gasteiger partial charge >= 0.3 is 0 Å². The average molecular weight is 350 g/mol. The molecular weight excluding hydrogens is 324 g/mol. The molecule has 2 saturated heterocycles. The van der Waals surface area contributed by atoms with Gasteiger partial charge in [-0.2, -0.15) is 0 Å². The number of nitrogens with zero attached hydrogens (tertiary/aromatic N) is 4. The summed E-state index contributed by atoms with van der Waals surface area (Å²) in [5.74, 6) is -0.246. The molecule has 25 heavy (non-hydrogen) atoms. The average Bonchev–Trinajstić information content (AvgIpc) is 3.41. The lowest BCUT2D eigenvalue weighted by molar-refractivity contribution is -0.142. The molecule has 0 N–H and O–H groups in total. The summed E-state index contributed by atoms with van der Waals surface area (Å²) in [6.45, 7) is 7.55. The van der Waals surface area contributed by atoms with Crippen LogP contribution in [0.15, 0.2) is 0 Å². The normalized spacial score (nSPS) is 26.5. The van der Waals surface area contributed by atoms with Crippen LogP contribution in [0.4, 0.5) is 0 Å². The van der Waals surface area contributed by atoms with E-state index in [1.54, 1.807) is 33.4 Å². The van der Waals surface area contributed by atoms with Crippen LogP contribution < -0.4 is 0 Å². The van der Waals surface area contributed by atoms with E-state index in [2.05, 4.69) is 0 Å². The molecule has 0 aromatic rings. The zero-order valence-corrected chi connectivity index (χ0v) is 14.9. The van der Waals surface area contributed by atoms with Crippen LogP contribution >= 0.6 is 0 Å². The molecule has 138 valence electrons. The fraction of sp³-hybridized carbons (Fsp3) is 0.765. The van der Waals surface area contributed by atoms with Gasteiger partial charge in [0, 0.05) is 66.2 Å². The van der Waals surface area contributed by atoms with Crippen molar-refractivity contribution in [3.63, 3.8) is 0 Å². The van der Waals surface area contributed by atoms with E-state index in [-0.39, 0.29) is 35.5 Å². The highest BCUT2D eigenvalue weighted by molar-refractivity contribution is 5.92. The Hall–Kier alpha value is -2.12. The maximum Gasteiger partial charge on any atom is 0.226 e. The van der Waals surface area contributed by atoms with Crippen molar-refractivity contribution in [1.29, 1.82) is 0 Å². The minimum absolute atomic E-state index is 0.0382. The van der Waals surface area contributed by atoms with Crippen molar-refractivity contribution in [1.82, 2.24) is 19.6 Å². The van der Waals surface area contributed by atoms with Crippen molar-refractivity contribution >= 4 is 23.6 Å². The van der Waals surface area contributed by atoms with Gasteiger partial charge in [-0.05, 0) is 6.42 Å². The summed E-state index contributed by atoms with van der Waals surface area (Å²) < 4.78 is 0. The SMILES string of the molecule is CC(=O)N1CCN(C(=O)C2CC2C(=O)N2CCN(C(C)=O)CC2)CC1. The lowest BCUT2D eigenvalue weighted by Gasteiger charge is -2.35. The topological polar surface area (TPSA) is 81.2 Å². The summed E-state index contributed by atoms with van der Waals surface area (Å²) >= 11 is 0. The van der Waals surface area contributed by atoms with Crippen molar-refractivity contribution < 1.29 is 19.2 Å². The van der Waals surface area contributed by atoms with Gasteiger partial charge in [-0.15, -0.1) is 0 Å². The molecule has 0 spiro atoms. The molecule has 2 unspecified atom stereocenters. The van der Waals surface area contributed by atoms with Gasteiger partial charge in [-0.1, -0.05) is 0 Å². The van der Waals surface area contributed by atoms with E-state index in [0.29, 0.717) is 58.8 Å². The Bertz CT molecular complexity index is 527. The van der Waals surface area contributed by atoms with Gasteiger partial charge in [0.1, 0.15) is 0 Å². The lowest BCUT2D eigenvalue weighted by atomic mass is 10.2. The van der Waals surface area contributed by atoms with E-state index in [0.717, 1.165) is 0 Å². The standard InChI is InChI=1S/C17H26N4O4/c1-12(22)18-3-7-20(8-4-18)16(24)14-11-15(14)17(25)21-9-5-19(6-10-21)13(2)23/h14-15H,3-11H2,1-2H3. The molecule has 8 nitrogen and oxygen atoms in total. The zero-order valence-electron chi connectivity index (χ0n) is 14.9. The molecule has 2 heterocycles. The molecule has 3 fully saturated rings. The molecule has 0 aromatic carbocycles. The van der Waals surface area contributed by atoms with E-state index >= 15 is 0 Å². The Kier molecular flexibility index (Phi) is 4.96. The van der Waals surface area contributed by atoms with Gasteiger partial charge in [0.2, 0.25) is 23.6 Å². The number of rotatable bonds is 2. The quantitative estimate of drug-likeness (QED) is 0.640. The van der Waals surface area contributed by atoms with Crippen LogP contribution in [0.1, 0.15) is 20.3 Å². The third kappa shape index (κ3) is 3.77. The molecule has 0 radical (unpaired) electrons. The van der Waals surface area contributed by atoms with Crippen molar-refractivity contribution in [2.75, 3.05) is 52.4 Å². The minimum Gasteiger partial charge on any atom is -0.339 e. The molecule has 2 aliphatic heterocycles. The largest absolute Gasteiger partial charge is 0.339 e. The van der Waals surface area contributed by atoms with Crippen molar-refractivity contribution in [3.05, 3.63) is 0 Å². The number of hydrogen-bond donors (Lipinski definition) is 0. The molecule has 0 bridgehead atoms. The number of carbonyl (C=O) groups is 4.